The van der Waals surface area contributed by atoms with Crippen LogP contribution in [0, 0.1) is 35.8 Å². The SMILES string of the molecule is [C-]#[N+]C1=C(C)N(c2cccc(C(F)(F)F)c2)C(=O)N[C@@H]1c1ccc(C#N)cc1[S@@](C)=O.[C-]#[N+]C1=C(C)N(c2cccc(C(F)(F)F)c2)C(=O)N[C@@H]1c1ccc(C#N)cc1[S@](C)=O. The van der Waals surface area contributed by atoms with Gasteiger partial charge >= 0.3 is 24.4 Å². The number of urea groups is 2. The topological polar surface area (TPSA) is 155 Å². The number of rotatable bonds is 6. The molecule has 2 N–H and O–H groups in total. The summed E-state index contributed by atoms with van der Waals surface area (Å²) in [5.41, 5.74) is -0.196. The molecule has 4 aromatic rings. The van der Waals surface area contributed by atoms with Gasteiger partial charge in [0, 0.05) is 45.1 Å². The minimum absolute atomic E-state index is 0.0384. The highest BCUT2D eigenvalue weighted by atomic mass is 32.2. The molecule has 4 amide bonds. The maximum absolute atomic E-state index is 13.1. The first-order valence-corrected chi connectivity index (χ1v) is 20.8. The summed E-state index contributed by atoms with van der Waals surface area (Å²) in [6.07, 6.45) is -6.36. The van der Waals surface area contributed by atoms with E-state index in [1.54, 1.807) is 0 Å². The fraction of sp³-hybridized carbons (Fsp3) is 0.190. The van der Waals surface area contributed by atoms with Gasteiger partial charge in [-0.05, 0) is 85.6 Å². The van der Waals surface area contributed by atoms with E-state index < -0.39 is 69.2 Å². The second-order valence-corrected chi connectivity index (χ2v) is 16.0. The molecule has 0 radical (unpaired) electrons. The summed E-state index contributed by atoms with van der Waals surface area (Å²) in [5.74, 6) is 0. The van der Waals surface area contributed by atoms with Gasteiger partial charge in [0.25, 0.3) is 0 Å². The van der Waals surface area contributed by atoms with Gasteiger partial charge < -0.3 is 10.6 Å². The van der Waals surface area contributed by atoms with Crippen LogP contribution in [0.4, 0.5) is 47.3 Å². The van der Waals surface area contributed by atoms with Crippen molar-refractivity contribution in [3.63, 3.8) is 0 Å². The summed E-state index contributed by atoms with van der Waals surface area (Å²) in [6.45, 7) is 18.1. The Hall–Kier alpha value is -7.26. The lowest BCUT2D eigenvalue weighted by Crippen LogP contribution is -2.46. The van der Waals surface area contributed by atoms with Crippen LogP contribution in [0.15, 0.2) is 118 Å². The maximum Gasteiger partial charge on any atom is 0.416 e. The smallest absolute Gasteiger partial charge is 0.335 e. The van der Waals surface area contributed by atoms with Crippen LogP contribution in [-0.2, 0) is 34.0 Å². The Balaban J connectivity index is 0.000000234. The highest BCUT2D eigenvalue weighted by Crippen LogP contribution is 2.40. The summed E-state index contributed by atoms with van der Waals surface area (Å²) in [5, 5.41) is 23.4. The first kappa shape index (κ1) is 45.8. The predicted octanol–water partition coefficient (Wildman–Crippen LogP) is 9.47. The zero-order valence-corrected chi connectivity index (χ0v) is 34.3. The van der Waals surface area contributed by atoms with Crippen LogP contribution in [0.2, 0.25) is 0 Å². The van der Waals surface area contributed by atoms with Crippen LogP contribution in [0.1, 0.15) is 59.3 Å². The molecule has 0 aromatic heterocycles. The second kappa shape index (κ2) is 18.2. The Morgan fingerprint density at radius 3 is 1.27 bits per heavy atom. The van der Waals surface area contributed by atoms with Crippen molar-refractivity contribution in [2.24, 2.45) is 0 Å². The molecule has 2 aliphatic heterocycles. The zero-order valence-electron chi connectivity index (χ0n) is 32.6. The number of halogens is 6. The highest BCUT2D eigenvalue weighted by Gasteiger charge is 2.39. The van der Waals surface area contributed by atoms with E-state index in [1.807, 2.05) is 12.1 Å². The van der Waals surface area contributed by atoms with Crippen molar-refractivity contribution in [3.05, 3.63) is 164 Å². The Labute approximate surface area is 355 Å². The fourth-order valence-corrected chi connectivity index (χ4v) is 8.27. The van der Waals surface area contributed by atoms with E-state index in [9.17, 15) is 44.3 Å². The molecule has 0 saturated carbocycles. The number of carbonyl (C=O) groups is 2. The summed E-state index contributed by atoms with van der Waals surface area (Å²) in [7, 11) is -3.04. The lowest BCUT2D eigenvalue weighted by Gasteiger charge is -2.34. The largest absolute Gasteiger partial charge is 0.416 e. The molecule has 0 saturated heterocycles. The summed E-state index contributed by atoms with van der Waals surface area (Å²) >= 11 is 0. The number of amides is 4. The van der Waals surface area contributed by atoms with Crippen molar-refractivity contribution < 1.29 is 44.3 Å². The van der Waals surface area contributed by atoms with Crippen LogP contribution < -0.4 is 20.4 Å². The number of anilines is 2. The number of hydrogen-bond donors (Lipinski definition) is 2. The van der Waals surface area contributed by atoms with Gasteiger partial charge in [-0.15, -0.1) is 0 Å². The van der Waals surface area contributed by atoms with Crippen molar-refractivity contribution in [2.75, 3.05) is 22.3 Å². The van der Waals surface area contributed by atoms with E-state index >= 15 is 0 Å². The third-order valence-electron chi connectivity index (χ3n) is 9.53. The van der Waals surface area contributed by atoms with Gasteiger partial charge in [0.1, 0.15) is 0 Å². The van der Waals surface area contributed by atoms with Gasteiger partial charge in [-0.25, -0.2) is 19.3 Å². The third-order valence-corrected chi connectivity index (χ3v) is 11.5. The standard InChI is InChI=1S/2C21H15F3N4O2S/c2*1-12-18(26-2)19(16-8-7-13(11-25)9-17(16)31(3)30)27-20(29)28(12)15-6-4-5-14(10-15)21(22,23)24/h2*4-10,19H,1,3H3,(H,27,29)/t19-,31+;19-,31-/m11/s1. The third kappa shape index (κ3) is 9.37. The molecule has 0 aliphatic carbocycles. The molecule has 62 heavy (non-hydrogen) atoms. The van der Waals surface area contributed by atoms with E-state index in [4.69, 9.17) is 23.7 Å². The minimum atomic E-state index is -4.59. The van der Waals surface area contributed by atoms with Crippen LogP contribution in [-0.4, -0.2) is 33.0 Å². The zero-order chi connectivity index (χ0) is 45.8. The molecule has 2 aliphatic rings. The normalized spacial score (nSPS) is 17.6. The van der Waals surface area contributed by atoms with E-state index in [-0.39, 0.29) is 55.1 Å². The molecular weight excluding hydrogens is 859 g/mol. The minimum Gasteiger partial charge on any atom is -0.335 e. The molecule has 2 heterocycles. The van der Waals surface area contributed by atoms with Gasteiger partial charge in [-0.3, -0.25) is 18.2 Å². The molecule has 20 heteroatoms. The average Bonchev–Trinajstić information content (AvgIpc) is 3.22. The number of nitriles is 2. The van der Waals surface area contributed by atoms with Crippen molar-refractivity contribution in [1.82, 2.24) is 10.6 Å². The molecule has 0 unspecified atom stereocenters. The maximum atomic E-state index is 13.1. The number of nitrogens with one attached hydrogen (secondary N) is 2. The molecule has 4 aromatic carbocycles. The first-order valence-electron chi connectivity index (χ1n) is 17.6. The van der Waals surface area contributed by atoms with E-state index in [2.05, 4.69) is 20.3 Å². The van der Waals surface area contributed by atoms with Gasteiger partial charge in [-0.2, -0.15) is 36.9 Å². The molecule has 6 rings (SSSR count). The molecule has 12 nitrogen and oxygen atoms in total. The number of allylic oxidation sites excluding steroid dienone is 2. The summed E-state index contributed by atoms with van der Waals surface area (Å²) in [4.78, 5) is 35.3. The van der Waals surface area contributed by atoms with Gasteiger partial charge in [-0.1, -0.05) is 24.3 Å². The van der Waals surface area contributed by atoms with Crippen LogP contribution >= 0.6 is 0 Å². The van der Waals surface area contributed by atoms with Crippen LogP contribution in [0.3, 0.4) is 0 Å². The molecule has 0 fully saturated rings. The van der Waals surface area contributed by atoms with Gasteiger partial charge in [0.05, 0.1) is 81.2 Å². The number of hydrogen-bond acceptors (Lipinski definition) is 6. The number of carbonyl (C=O) groups excluding carboxylic acids is 2. The number of benzene rings is 4. The molecule has 4 atom stereocenters. The van der Waals surface area contributed by atoms with E-state index in [0.29, 0.717) is 11.1 Å². The Kier molecular flexibility index (Phi) is 13.4. The predicted molar refractivity (Wildman–Crippen MR) is 216 cm³/mol. The lowest BCUT2D eigenvalue weighted by atomic mass is 9.99. The first-order chi connectivity index (χ1) is 29.2. The monoisotopic (exact) mass is 888 g/mol. The Morgan fingerprint density at radius 2 is 0.984 bits per heavy atom. The van der Waals surface area contributed by atoms with Crippen molar-refractivity contribution in [1.29, 1.82) is 10.5 Å². The molecule has 0 bridgehead atoms. The summed E-state index contributed by atoms with van der Waals surface area (Å²) < 4.78 is 103. The molecule has 0 spiro atoms. The molecular formula is C42H30F6N8O4S2. The second-order valence-electron chi connectivity index (χ2n) is 13.3. The van der Waals surface area contributed by atoms with Gasteiger partial charge in [0.2, 0.25) is 11.4 Å². The Morgan fingerprint density at radius 1 is 0.629 bits per heavy atom. The van der Waals surface area contributed by atoms with Crippen molar-refractivity contribution >= 4 is 45.0 Å². The average molecular weight is 889 g/mol. The quantitative estimate of drug-likeness (QED) is 0.145. The summed E-state index contributed by atoms with van der Waals surface area (Å²) in [6, 6.07) is 17.8. The lowest BCUT2D eigenvalue weighted by molar-refractivity contribution is -0.138. The Bertz CT molecular complexity index is 2610. The van der Waals surface area contributed by atoms with Gasteiger partial charge in [0.15, 0.2) is 0 Å². The number of alkyl halides is 6. The van der Waals surface area contributed by atoms with E-state index in [1.165, 1.54) is 87.0 Å². The highest BCUT2D eigenvalue weighted by molar-refractivity contribution is 7.84. The van der Waals surface area contributed by atoms with Crippen LogP contribution in [0.25, 0.3) is 9.69 Å². The molecule has 316 valence electrons. The fourth-order valence-electron chi connectivity index (χ4n) is 6.65. The van der Waals surface area contributed by atoms with Crippen molar-refractivity contribution in [2.45, 2.75) is 48.1 Å². The number of nitrogens with zero attached hydrogens (tertiary/aromatic N) is 6. The van der Waals surface area contributed by atoms with Crippen LogP contribution in [0.5, 0.6) is 0 Å². The van der Waals surface area contributed by atoms with E-state index in [0.717, 1.165) is 34.1 Å². The van der Waals surface area contributed by atoms with Crippen molar-refractivity contribution in [3.8, 4) is 12.1 Å².